The maximum Gasteiger partial charge on any atom is 0.165 e. The van der Waals surface area contributed by atoms with Gasteiger partial charge in [0.15, 0.2) is 17.5 Å². The van der Waals surface area contributed by atoms with Crippen molar-refractivity contribution >= 4 is 53.1 Å². The van der Waals surface area contributed by atoms with E-state index >= 15 is 0 Å². The fourth-order valence-corrected chi connectivity index (χ4v) is 10.7. The maximum atomic E-state index is 5.10. The third-order valence-electron chi connectivity index (χ3n) is 11.0. The standard InChI is InChI=1S/C49H32N4S2/c1-49(2)38-26-27-40-44(55-48(50-40)31-18-10-5-11-19-31)41(38)36-25-24-32(28-39(36)49)33-20-12-21-34-35-22-13-23-37(43(35)54-42(33)34)47-52-45(29-14-6-3-7-15-29)51-46(53-47)30-16-8-4-9-17-30/h3-28H,1-2H3. The molecule has 3 aromatic heterocycles. The number of hydrogen-bond donors (Lipinski definition) is 0. The first-order chi connectivity index (χ1) is 27.0. The van der Waals surface area contributed by atoms with Crippen LogP contribution in [0.25, 0.3) is 97.4 Å². The van der Waals surface area contributed by atoms with Crippen LogP contribution in [0.3, 0.4) is 0 Å². The number of thiophene rings is 1. The molecule has 0 aliphatic heterocycles. The van der Waals surface area contributed by atoms with Crippen LogP contribution in [-0.4, -0.2) is 19.9 Å². The molecule has 4 nitrogen and oxygen atoms in total. The Kier molecular flexibility index (Phi) is 7.21. The topological polar surface area (TPSA) is 51.6 Å². The van der Waals surface area contributed by atoms with Gasteiger partial charge in [0, 0.05) is 53.4 Å². The largest absolute Gasteiger partial charge is 0.236 e. The lowest BCUT2D eigenvalue weighted by Crippen LogP contribution is -2.14. The highest BCUT2D eigenvalue weighted by Gasteiger charge is 2.37. The normalized spacial score (nSPS) is 13.1. The second kappa shape index (κ2) is 12.4. The van der Waals surface area contributed by atoms with Gasteiger partial charge in [0.05, 0.1) is 10.2 Å². The average molecular weight is 741 g/mol. The van der Waals surface area contributed by atoms with Crippen LogP contribution in [0.1, 0.15) is 25.0 Å². The molecule has 0 saturated heterocycles. The molecule has 0 unspecified atom stereocenters. The van der Waals surface area contributed by atoms with Crippen molar-refractivity contribution < 1.29 is 0 Å². The minimum atomic E-state index is -0.154. The van der Waals surface area contributed by atoms with Gasteiger partial charge in [0.2, 0.25) is 0 Å². The lowest BCUT2D eigenvalue weighted by atomic mass is 9.81. The van der Waals surface area contributed by atoms with Crippen molar-refractivity contribution in [2.24, 2.45) is 0 Å². The number of thiazole rings is 1. The Morgan fingerprint density at radius 1 is 0.400 bits per heavy atom. The molecule has 0 radical (unpaired) electrons. The van der Waals surface area contributed by atoms with E-state index in [2.05, 4.69) is 135 Å². The van der Waals surface area contributed by atoms with Crippen molar-refractivity contribution in [2.45, 2.75) is 19.3 Å². The zero-order chi connectivity index (χ0) is 36.7. The van der Waals surface area contributed by atoms with Crippen molar-refractivity contribution in [3.05, 3.63) is 169 Å². The second-order valence-electron chi connectivity index (χ2n) is 14.6. The van der Waals surface area contributed by atoms with Crippen molar-refractivity contribution in [3.8, 4) is 67.0 Å². The first-order valence-electron chi connectivity index (χ1n) is 18.5. The molecule has 55 heavy (non-hydrogen) atoms. The quantitative estimate of drug-likeness (QED) is 0.176. The molecule has 0 saturated carbocycles. The van der Waals surface area contributed by atoms with Crippen LogP contribution >= 0.6 is 22.7 Å². The molecular weight excluding hydrogens is 709 g/mol. The van der Waals surface area contributed by atoms with Gasteiger partial charge >= 0.3 is 0 Å². The van der Waals surface area contributed by atoms with E-state index in [0.717, 1.165) is 32.8 Å². The summed E-state index contributed by atoms with van der Waals surface area (Å²) in [7, 11) is 0. The summed E-state index contributed by atoms with van der Waals surface area (Å²) in [6, 6.07) is 55.7. The van der Waals surface area contributed by atoms with E-state index in [4.69, 9.17) is 19.9 Å². The lowest BCUT2D eigenvalue weighted by Gasteiger charge is -2.22. The molecule has 0 atom stereocenters. The molecule has 0 N–H and O–H groups in total. The molecule has 10 aromatic rings. The number of nitrogens with zero attached hydrogens (tertiary/aromatic N) is 4. The zero-order valence-electron chi connectivity index (χ0n) is 30.1. The van der Waals surface area contributed by atoms with Crippen molar-refractivity contribution in [3.63, 3.8) is 0 Å². The summed E-state index contributed by atoms with van der Waals surface area (Å²) in [4.78, 5) is 20.2. The van der Waals surface area contributed by atoms with E-state index in [1.807, 2.05) is 47.7 Å². The van der Waals surface area contributed by atoms with Gasteiger partial charge < -0.3 is 0 Å². The fraction of sp³-hybridized carbons (Fsp3) is 0.0612. The van der Waals surface area contributed by atoms with E-state index in [0.29, 0.717) is 17.5 Å². The molecule has 11 rings (SSSR count). The van der Waals surface area contributed by atoms with E-state index in [9.17, 15) is 0 Å². The Morgan fingerprint density at radius 3 is 1.64 bits per heavy atom. The van der Waals surface area contributed by atoms with E-state index in [1.165, 1.54) is 58.3 Å². The van der Waals surface area contributed by atoms with Gasteiger partial charge in [-0.25, -0.2) is 19.9 Å². The van der Waals surface area contributed by atoms with Crippen molar-refractivity contribution in [2.75, 3.05) is 0 Å². The summed E-state index contributed by atoms with van der Waals surface area (Å²) in [5.74, 6) is 2.00. The summed E-state index contributed by atoms with van der Waals surface area (Å²) >= 11 is 3.62. The lowest BCUT2D eigenvalue weighted by molar-refractivity contribution is 0.661. The Hall–Kier alpha value is -6.34. The summed E-state index contributed by atoms with van der Waals surface area (Å²) in [5.41, 5.74) is 12.8. The van der Waals surface area contributed by atoms with Gasteiger partial charge in [-0.1, -0.05) is 153 Å². The van der Waals surface area contributed by atoms with Crippen LogP contribution in [0.2, 0.25) is 0 Å². The third-order valence-corrected chi connectivity index (χ3v) is 13.4. The SMILES string of the molecule is CC1(C)c2cc(-c3cccc4c3sc3c(-c5nc(-c6ccccc6)nc(-c6ccccc6)n5)cccc34)ccc2-c2c1ccc1nc(-c3ccccc3)sc21. The number of benzene rings is 7. The zero-order valence-corrected chi connectivity index (χ0v) is 31.7. The monoisotopic (exact) mass is 740 g/mol. The van der Waals surface area contributed by atoms with Crippen molar-refractivity contribution in [1.29, 1.82) is 0 Å². The molecule has 7 aromatic carbocycles. The molecule has 0 fully saturated rings. The molecule has 1 aliphatic rings. The van der Waals surface area contributed by atoms with Crippen LogP contribution < -0.4 is 0 Å². The van der Waals surface area contributed by atoms with Crippen LogP contribution in [-0.2, 0) is 5.41 Å². The predicted octanol–water partition coefficient (Wildman–Crippen LogP) is 13.5. The number of rotatable bonds is 5. The van der Waals surface area contributed by atoms with Gasteiger partial charge in [-0.2, -0.15) is 0 Å². The summed E-state index contributed by atoms with van der Waals surface area (Å²) in [6.07, 6.45) is 0. The first-order valence-corrected chi connectivity index (χ1v) is 20.1. The Balaban J connectivity index is 1.06. The Labute approximate surface area is 326 Å². The first kappa shape index (κ1) is 32.1. The van der Waals surface area contributed by atoms with Gasteiger partial charge in [-0.15, -0.1) is 22.7 Å². The van der Waals surface area contributed by atoms with Gasteiger partial charge in [-0.3, -0.25) is 0 Å². The Morgan fingerprint density at radius 2 is 0.982 bits per heavy atom. The predicted molar refractivity (Wildman–Crippen MR) is 231 cm³/mol. The maximum absolute atomic E-state index is 5.10. The van der Waals surface area contributed by atoms with Crippen LogP contribution in [0, 0.1) is 0 Å². The van der Waals surface area contributed by atoms with E-state index in [1.54, 1.807) is 11.3 Å². The summed E-state index contributed by atoms with van der Waals surface area (Å²) in [6.45, 7) is 4.72. The summed E-state index contributed by atoms with van der Waals surface area (Å²) in [5, 5.41) is 3.51. The molecule has 0 spiro atoms. The smallest absolute Gasteiger partial charge is 0.165 e. The minimum absolute atomic E-state index is 0.154. The van der Waals surface area contributed by atoms with Gasteiger partial charge in [0.25, 0.3) is 0 Å². The third kappa shape index (κ3) is 5.09. The van der Waals surface area contributed by atoms with E-state index < -0.39 is 0 Å². The summed E-state index contributed by atoms with van der Waals surface area (Å²) < 4.78 is 3.69. The number of hydrogen-bond acceptors (Lipinski definition) is 6. The number of aromatic nitrogens is 4. The molecule has 0 bridgehead atoms. The minimum Gasteiger partial charge on any atom is -0.236 e. The molecule has 0 amide bonds. The van der Waals surface area contributed by atoms with Crippen LogP contribution in [0.15, 0.2) is 158 Å². The second-order valence-corrected chi connectivity index (χ2v) is 16.6. The molecule has 1 aliphatic carbocycles. The van der Waals surface area contributed by atoms with Gasteiger partial charge in [0.1, 0.15) is 5.01 Å². The van der Waals surface area contributed by atoms with Crippen LogP contribution in [0.5, 0.6) is 0 Å². The van der Waals surface area contributed by atoms with Gasteiger partial charge in [-0.05, 0) is 46.0 Å². The highest BCUT2D eigenvalue weighted by molar-refractivity contribution is 7.27. The fourth-order valence-electron chi connectivity index (χ4n) is 8.23. The average Bonchev–Trinajstić information content (AvgIpc) is 3.92. The molecule has 6 heteroatoms. The molecular formula is C49H32N4S2. The van der Waals surface area contributed by atoms with Crippen LogP contribution in [0.4, 0.5) is 0 Å². The molecule has 260 valence electrons. The highest BCUT2D eigenvalue weighted by atomic mass is 32.1. The highest BCUT2D eigenvalue weighted by Crippen LogP contribution is 2.54. The van der Waals surface area contributed by atoms with Crippen molar-refractivity contribution in [1.82, 2.24) is 19.9 Å². The Bertz CT molecular complexity index is 3050. The molecule has 3 heterocycles. The number of fused-ring (bicyclic) bond motifs is 8. The van der Waals surface area contributed by atoms with E-state index in [-0.39, 0.29) is 5.41 Å².